The zero-order valence-corrected chi connectivity index (χ0v) is 15.1. The Labute approximate surface area is 136 Å². The summed E-state index contributed by atoms with van der Waals surface area (Å²) in [4.78, 5) is 15.6. The van der Waals surface area contributed by atoms with Crippen LogP contribution in [0.3, 0.4) is 0 Å². The summed E-state index contributed by atoms with van der Waals surface area (Å²) in [6.45, 7) is 7.92. The summed E-state index contributed by atoms with van der Waals surface area (Å²) in [6, 6.07) is 8.27. The van der Waals surface area contributed by atoms with E-state index in [0.717, 1.165) is 17.6 Å². The lowest BCUT2D eigenvalue weighted by Crippen LogP contribution is -2.38. The van der Waals surface area contributed by atoms with Gasteiger partial charge in [-0.15, -0.1) is 0 Å². The highest BCUT2D eigenvalue weighted by Crippen LogP contribution is 2.12. The van der Waals surface area contributed by atoms with Crippen molar-refractivity contribution in [2.24, 2.45) is 0 Å². The Morgan fingerprint density at radius 3 is 2.24 bits per heavy atom. The van der Waals surface area contributed by atoms with Crippen LogP contribution in [-0.2, 0) is 11.3 Å². The number of hydrogen-bond acceptors (Lipinski definition) is 3. The fourth-order valence-corrected chi connectivity index (χ4v) is 2.00. The normalized spacial score (nSPS) is 11.6. The highest BCUT2D eigenvalue weighted by atomic mass is 79.9. The van der Waals surface area contributed by atoms with Crippen LogP contribution >= 0.6 is 15.9 Å². The number of carbonyl (C=O) groups is 1. The van der Waals surface area contributed by atoms with Crippen LogP contribution in [0.1, 0.15) is 26.3 Å². The molecule has 0 unspecified atom stereocenters. The summed E-state index contributed by atoms with van der Waals surface area (Å²) >= 11 is 3.43. The second-order valence-electron chi connectivity index (χ2n) is 6.27. The van der Waals surface area contributed by atoms with Crippen LogP contribution in [0.4, 0.5) is 4.79 Å². The molecule has 4 nitrogen and oxygen atoms in total. The quantitative estimate of drug-likeness (QED) is 0.805. The molecule has 0 spiro atoms. The van der Waals surface area contributed by atoms with E-state index in [0.29, 0.717) is 6.54 Å². The third-order valence-electron chi connectivity index (χ3n) is 2.89. The molecule has 0 atom stereocenters. The number of amides is 1. The monoisotopic (exact) mass is 356 g/mol. The first-order valence-electron chi connectivity index (χ1n) is 7.04. The van der Waals surface area contributed by atoms with Gasteiger partial charge in [0.25, 0.3) is 0 Å². The lowest BCUT2D eigenvalue weighted by Gasteiger charge is -2.26. The van der Waals surface area contributed by atoms with Crippen molar-refractivity contribution in [3.8, 4) is 0 Å². The van der Waals surface area contributed by atoms with E-state index >= 15 is 0 Å². The van der Waals surface area contributed by atoms with E-state index in [1.54, 1.807) is 11.9 Å². The van der Waals surface area contributed by atoms with Gasteiger partial charge in [0.1, 0.15) is 5.60 Å². The number of rotatable bonds is 5. The number of carbonyl (C=O) groups excluding carboxylic acids is 1. The van der Waals surface area contributed by atoms with Crippen LogP contribution < -0.4 is 0 Å². The minimum Gasteiger partial charge on any atom is -0.444 e. The SMILES string of the molecule is CN(CCN(C)C(=O)OC(C)(C)C)Cc1ccc(Br)cc1. The van der Waals surface area contributed by atoms with E-state index in [9.17, 15) is 4.79 Å². The number of ether oxygens (including phenoxy) is 1. The predicted molar refractivity (Wildman–Crippen MR) is 89.3 cm³/mol. The van der Waals surface area contributed by atoms with Crippen molar-refractivity contribution in [2.45, 2.75) is 32.9 Å². The molecule has 1 amide bonds. The molecule has 0 aromatic heterocycles. The number of likely N-dealkylation sites (N-methyl/N-ethyl adjacent to an activating group) is 2. The maximum absolute atomic E-state index is 11.8. The summed E-state index contributed by atoms with van der Waals surface area (Å²) in [6.07, 6.45) is -0.278. The summed E-state index contributed by atoms with van der Waals surface area (Å²) in [7, 11) is 3.81. The maximum Gasteiger partial charge on any atom is 0.410 e. The van der Waals surface area contributed by atoms with E-state index in [1.165, 1.54) is 5.56 Å². The summed E-state index contributed by atoms with van der Waals surface area (Å²) < 4.78 is 6.41. The molecule has 0 heterocycles. The molecule has 0 saturated carbocycles. The van der Waals surface area contributed by atoms with Crippen molar-refractivity contribution in [1.29, 1.82) is 0 Å². The van der Waals surface area contributed by atoms with E-state index in [4.69, 9.17) is 4.74 Å². The van der Waals surface area contributed by atoms with Crippen molar-refractivity contribution in [1.82, 2.24) is 9.80 Å². The molecule has 0 aliphatic rings. The molecule has 0 fully saturated rings. The molecule has 1 aromatic rings. The highest BCUT2D eigenvalue weighted by molar-refractivity contribution is 9.10. The second-order valence-corrected chi connectivity index (χ2v) is 7.18. The van der Waals surface area contributed by atoms with Crippen molar-refractivity contribution < 1.29 is 9.53 Å². The molecule has 1 rings (SSSR count). The Morgan fingerprint density at radius 2 is 1.71 bits per heavy atom. The van der Waals surface area contributed by atoms with E-state index in [2.05, 4.69) is 33.0 Å². The molecule has 21 heavy (non-hydrogen) atoms. The Morgan fingerprint density at radius 1 is 1.14 bits per heavy atom. The topological polar surface area (TPSA) is 32.8 Å². The first kappa shape index (κ1) is 18.0. The van der Waals surface area contributed by atoms with Crippen LogP contribution in [0, 0.1) is 0 Å². The van der Waals surface area contributed by atoms with Gasteiger partial charge in [0.15, 0.2) is 0 Å². The maximum atomic E-state index is 11.8. The zero-order chi connectivity index (χ0) is 16.0. The smallest absolute Gasteiger partial charge is 0.410 e. The molecule has 0 N–H and O–H groups in total. The number of benzene rings is 1. The van der Waals surface area contributed by atoms with E-state index in [-0.39, 0.29) is 6.09 Å². The third-order valence-corrected chi connectivity index (χ3v) is 3.42. The minimum absolute atomic E-state index is 0.278. The molecule has 0 aliphatic heterocycles. The molecule has 118 valence electrons. The fourth-order valence-electron chi connectivity index (χ4n) is 1.73. The van der Waals surface area contributed by atoms with E-state index in [1.807, 2.05) is 40.0 Å². The Kier molecular flexibility index (Phi) is 6.68. The Bertz CT molecular complexity index is 454. The van der Waals surface area contributed by atoms with Crippen LogP contribution in [0.2, 0.25) is 0 Å². The van der Waals surface area contributed by atoms with Gasteiger partial charge in [0.05, 0.1) is 0 Å². The van der Waals surface area contributed by atoms with Gasteiger partial charge >= 0.3 is 6.09 Å². The largest absolute Gasteiger partial charge is 0.444 e. The fraction of sp³-hybridized carbons (Fsp3) is 0.562. The molecule has 0 saturated heterocycles. The summed E-state index contributed by atoms with van der Waals surface area (Å²) in [5.41, 5.74) is 0.801. The molecule has 0 aliphatic carbocycles. The zero-order valence-electron chi connectivity index (χ0n) is 13.5. The van der Waals surface area contributed by atoms with Crippen molar-refractivity contribution in [3.05, 3.63) is 34.3 Å². The molecular formula is C16H25BrN2O2. The standard InChI is InChI=1S/C16H25BrN2O2/c1-16(2,3)21-15(20)19(5)11-10-18(4)12-13-6-8-14(17)9-7-13/h6-9H,10-12H2,1-5H3. The van der Waals surface area contributed by atoms with Gasteiger partial charge in [-0.1, -0.05) is 28.1 Å². The highest BCUT2D eigenvalue weighted by Gasteiger charge is 2.19. The molecule has 1 aromatic carbocycles. The molecule has 5 heteroatoms. The molecular weight excluding hydrogens is 332 g/mol. The number of nitrogens with zero attached hydrogens (tertiary/aromatic N) is 2. The second kappa shape index (κ2) is 7.80. The first-order valence-corrected chi connectivity index (χ1v) is 7.84. The lowest BCUT2D eigenvalue weighted by atomic mass is 10.2. The van der Waals surface area contributed by atoms with Crippen molar-refractivity contribution >= 4 is 22.0 Å². The van der Waals surface area contributed by atoms with Crippen molar-refractivity contribution in [2.75, 3.05) is 27.2 Å². The van der Waals surface area contributed by atoms with Gasteiger partial charge in [-0.3, -0.25) is 0 Å². The Hall–Kier alpha value is -1.07. The van der Waals surface area contributed by atoms with Gasteiger partial charge in [-0.2, -0.15) is 0 Å². The molecule has 0 radical (unpaired) electrons. The lowest BCUT2D eigenvalue weighted by molar-refractivity contribution is 0.0286. The number of hydrogen-bond donors (Lipinski definition) is 0. The van der Waals surface area contributed by atoms with Crippen molar-refractivity contribution in [3.63, 3.8) is 0 Å². The average Bonchev–Trinajstić information content (AvgIpc) is 2.36. The Balaban J connectivity index is 2.36. The van der Waals surface area contributed by atoms with E-state index < -0.39 is 5.60 Å². The minimum atomic E-state index is -0.450. The van der Waals surface area contributed by atoms with Gasteiger partial charge < -0.3 is 14.5 Å². The van der Waals surface area contributed by atoms with Gasteiger partial charge in [0.2, 0.25) is 0 Å². The third kappa shape index (κ3) is 7.48. The van der Waals surface area contributed by atoms with Crippen LogP contribution in [0.5, 0.6) is 0 Å². The first-order chi connectivity index (χ1) is 9.67. The number of halogens is 1. The molecule has 0 bridgehead atoms. The van der Waals surface area contributed by atoms with Gasteiger partial charge in [-0.25, -0.2) is 4.79 Å². The summed E-state index contributed by atoms with van der Waals surface area (Å²) in [5.74, 6) is 0. The van der Waals surface area contributed by atoms with Crippen LogP contribution in [0.15, 0.2) is 28.7 Å². The van der Waals surface area contributed by atoms with Gasteiger partial charge in [0, 0.05) is 31.2 Å². The summed E-state index contributed by atoms with van der Waals surface area (Å²) in [5, 5.41) is 0. The van der Waals surface area contributed by atoms with Crippen LogP contribution in [-0.4, -0.2) is 48.7 Å². The average molecular weight is 357 g/mol. The van der Waals surface area contributed by atoms with Gasteiger partial charge in [-0.05, 0) is 45.5 Å². The van der Waals surface area contributed by atoms with Crippen LogP contribution in [0.25, 0.3) is 0 Å². The predicted octanol–water partition coefficient (Wildman–Crippen LogP) is 3.75.